The molecule has 0 saturated heterocycles. The minimum atomic E-state index is -7.87. The highest BCUT2D eigenvalue weighted by molar-refractivity contribution is 8.13. The predicted molar refractivity (Wildman–Crippen MR) is 111 cm³/mol. The zero-order valence-corrected chi connectivity index (χ0v) is 20.6. The summed E-state index contributed by atoms with van der Waals surface area (Å²) in [4.78, 5) is 10.8. The Morgan fingerprint density at radius 1 is 0.568 bits per heavy atom. The molecule has 222 valence electrons. The molecule has 0 saturated carbocycles. The molecule has 0 bridgehead atoms. The number of thioether (sulfide) groups is 1. The summed E-state index contributed by atoms with van der Waals surface area (Å²) in [5.41, 5.74) is 0. The number of rotatable bonds is 19. The fraction of sp³-hybridized carbons (Fsp3) is 0.952. The lowest BCUT2D eigenvalue weighted by atomic mass is 9.93. The van der Waals surface area contributed by atoms with Gasteiger partial charge in [0.25, 0.3) is 0 Å². The molecule has 0 amide bonds. The molecule has 0 aliphatic heterocycles. The first-order valence-corrected chi connectivity index (χ1v) is 12.3. The van der Waals surface area contributed by atoms with Gasteiger partial charge >= 0.3 is 35.8 Å². The first-order valence-electron chi connectivity index (χ1n) is 11.3. The van der Waals surface area contributed by atoms with Crippen molar-refractivity contribution in [1.29, 1.82) is 0 Å². The van der Waals surface area contributed by atoms with E-state index in [1.54, 1.807) is 0 Å². The van der Waals surface area contributed by atoms with E-state index in [1.165, 1.54) is 18.7 Å². The molecule has 0 heterocycles. The lowest BCUT2D eigenvalue weighted by molar-refractivity contribution is -0.440. The van der Waals surface area contributed by atoms with E-state index in [2.05, 4.69) is 4.74 Å². The highest BCUT2D eigenvalue weighted by Crippen LogP contribution is 2.60. The molecule has 0 spiro atoms. The zero-order valence-electron chi connectivity index (χ0n) is 19.8. The van der Waals surface area contributed by atoms with Gasteiger partial charge < -0.3 is 4.74 Å². The number of hydrogen-bond donors (Lipinski definition) is 0. The molecule has 2 nitrogen and oxygen atoms in total. The second-order valence-corrected chi connectivity index (χ2v) is 9.66. The van der Waals surface area contributed by atoms with Gasteiger partial charge in [0.2, 0.25) is 0 Å². The number of ether oxygens (including phenoxy) is 1. The number of carbonyl (C=O) groups is 1. The lowest BCUT2D eigenvalue weighted by Crippen LogP contribution is -2.70. The Balaban J connectivity index is 4.40. The summed E-state index contributed by atoms with van der Waals surface area (Å²) in [5.74, 6) is -35.9. The van der Waals surface area contributed by atoms with Crippen LogP contribution in [0.25, 0.3) is 0 Å². The molecule has 0 N–H and O–H groups in total. The number of halogens is 13. The molecule has 0 aromatic carbocycles. The summed E-state index contributed by atoms with van der Waals surface area (Å²) in [7, 11) is 0. The molecular formula is C21H29F13O2S. The molecule has 37 heavy (non-hydrogen) atoms. The van der Waals surface area contributed by atoms with Gasteiger partial charge in [-0.05, 0) is 12.8 Å². The monoisotopic (exact) mass is 592 g/mol. The Hall–Kier alpha value is -0.930. The Labute approximate surface area is 210 Å². The molecule has 16 heteroatoms. The van der Waals surface area contributed by atoms with Crippen LogP contribution >= 0.6 is 11.8 Å². The van der Waals surface area contributed by atoms with Crippen LogP contribution in [0.1, 0.15) is 71.1 Å². The highest BCUT2D eigenvalue weighted by atomic mass is 32.2. The van der Waals surface area contributed by atoms with Gasteiger partial charge in [0.15, 0.2) is 5.12 Å². The smallest absolute Gasteiger partial charge is 0.381 e. The third-order valence-electron chi connectivity index (χ3n) is 5.30. The first kappa shape index (κ1) is 36.1. The van der Waals surface area contributed by atoms with Gasteiger partial charge in [-0.1, -0.05) is 56.7 Å². The van der Waals surface area contributed by atoms with Gasteiger partial charge in [-0.3, -0.25) is 4.79 Å². The maximum Gasteiger partial charge on any atom is 0.460 e. The Morgan fingerprint density at radius 2 is 0.973 bits per heavy atom. The van der Waals surface area contributed by atoms with Gasteiger partial charge in [0, 0.05) is 25.7 Å². The van der Waals surface area contributed by atoms with Crippen LogP contribution < -0.4 is 0 Å². The van der Waals surface area contributed by atoms with E-state index in [0.717, 1.165) is 44.3 Å². The van der Waals surface area contributed by atoms with Crippen molar-refractivity contribution in [1.82, 2.24) is 0 Å². The van der Waals surface area contributed by atoms with Crippen LogP contribution in [0.15, 0.2) is 0 Å². The van der Waals surface area contributed by atoms with Crippen molar-refractivity contribution in [2.75, 3.05) is 19.0 Å². The van der Waals surface area contributed by atoms with E-state index in [4.69, 9.17) is 0 Å². The molecule has 0 radical (unpaired) electrons. The SMILES string of the molecule is CC(=O)SCCCCCCCCCCCOCCC(F)(F)C(F)(F)C(F)(F)C(F)(F)C(F)(F)C(F)(F)F. The third kappa shape index (κ3) is 9.64. The Morgan fingerprint density at radius 3 is 1.41 bits per heavy atom. The number of alkyl halides is 13. The van der Waals surface area contributed by atoms with Gasteiger partial charge in [-0.25, -0.2) is 0 Å². The molecule has 0 aromatic rings. The van der Waals surface area contributed by atoms with Crippen molar-refractivity contribution in [2.24, 2.45) is 0 Å². The average Bonchev–Trinajstić information content (AvgIpc) is 2.74. The molecule has 0 fully saturated rings. The van der Waals surface area contributed by atoms with E-state index in [1.807, 2.05) is 0 Å². The van der Waals surface area contributed by atoms with Crippen molar-refractivity contribution in [3.8, 4) is 0 Å². The Bertz CT molecular complexity index is 682. The minimum absolute atomic E-state index is 0.0639. The van der Waals surface area contributed by atoms with E-state index >= 15 is 0 Å². The fourth-order valence-electron chi connectivity index (χ4n) is 3.02. The van der Waals surface area contributed by atoms with Crippen LogP contribution in [-0.2, 0) is 9.53 Å². The quantitative estimate of drug-likeness (QED) is 0.111. The summed E-state index contributed by atoms with van der Waals surface area (Å²) >= 11 is 1.26. The molecule has 0 rings (SSSR count). The summed E-state index contributed by atoms with van der Waals surface area (Å²) in [6, 6.07) is 0. The molecule has 0 atom stereocenters. The largest absolute Gasteiger partial charge is 0.460 e. The van der Waals surface area contributed by atoms with E-state index < -0.39 is 48.8 Å². The van der Waals surface area contributed by atoms with Crippen LogP contribution in [0.4, 0.5) is 57.1 Å². The van der Waals surface area contributed by atoms with Crippen molar-refractivity contribution in [3.05, 3.63) is 0 Å². The van der Waals surface area contributed by atoms with Crippen LogP contribution in [0.3, 0.4) is 0 Å². The minimum Gasteiger partial charge on any atom is -0.381 e. The number of hydrogen-bond acceptors (Lipinski definition) is 3. The number of unbranched alkanes of at least 4 members (excludes halogenated alkanes) is 8. The Kier molecular flexibility index (Phi) is 14.1. The van der Waals surface area contributed by atoms with Crippen LogP contribution in [-0.4, -0.2) is 59.9 Å². The standard InChI is InChI=1S/C21H29F13O2S/c1-15(35)37-14-10-8-6-4-2-3-5-7-9-12-36-13-11-16(22,23)17(24,25)18(26,27)19(28,29)20(30,31)21(32,33)34/h2-14H2,1H3. The van der Waals surface area contributed by atoms with Crippen molar-refractivity contribution < 1.29 is 66.6 Å². The molecule has 0 aliphatic carbocycles. The van der Waals surface area contributed by atoms with Gasteiger partial charge in [-0.15, -0.1) is 0 Å². The third-order valence-corrected chi connectivity index (χ3v) is 6.20. The zero-order chi connectivity index (χ0) is 29.2. The summed E-state index contributed by atoms with van der Waals surface area (Å²) in [6.07, 6.45) is -2.63. The van der Waals surface area contributed by atoms with Crippen molar-refractivity contribution in [3.63, 3.8) is 0 Å². The van der Waals surface area contributed by atoms with Crippen LogP contribution in [0, 0.1) is 0 Å². The fourth-order valence-corrected chi connectivity index (χ4v) is 3.66. The summed E-state index contributed by atoms with van der Waals surface area (Å²) < 4.78 is 174. The first-order chi connectivity index (χ1) is 16.7. The van der Waals surface area contributed by atoms with Crippen molar-refractivity contribution in [2.45, 2.75) is 107 Å². The van der Waals surface area contributed by atoms with Crippen LogP contribution in [0.5, 0.6) is 0 Å². The second kappa shape index (κ2) is 14.5. The predicted octanol–water partition coefficient (Wildman–Crippen LogP) is 8.92. The lowest BCUT2D eigenvalue weighted by Gasteiger charge is -2.39. The van der Waals surface area contributed by atoms with E-state index in [-0.39, 0.29) is 18.1 Å². The summed E-state index contributed by atoms with van der Waals surface area (Å²) in [5, 5.41) is 0.0639. The molecular weight excluding hydrogens is 563 g/mol. The topological polar surface area (TPSA) is 26.3 Å². The van der Waals surface area contributed by atoms with Gasteiger partial charge in [0.05, 0.1) is 6.61 Å². The van der Waals surface area contributed by atoms with Gasteiger partial charge in [0.1, 0.15) is 0 Å². The number of carbonyl (C=O) groups excluding carboxylic acids is 1. The van der Waals surface area contributed by atoms with Crippen LogP contribution in [0.2, 0.25) is 0 Å². The maximum absolute atomic E-state index is 13.6. The van der Waals surface area contributed by atoms with E-state index in [0.29, 0.717) is 12.8 Å². The average molecular weight is 593 g/mol. The molecule has 0 aromatic heterocycles. The van der Waals surface area contributed by atoms with Crippen molar-refractivity contribution >= 4 is 16.9 Å². The summed E-state index contributed by atoms with van der Waals surface area (Å²) in [6.45, 7) is -0.150. The highest BCUT2D eigenvalue weighted by Gasteiger charge is 2.90. The van der Waals surface area contributed by atoms with Gasteiger partial charge in [-0.2, -0.15) is 57.1 Å². The molecule has 0 unspecified atom stereocenters. The maximum atomic E-state index is 13.6. The molecule has 0 aliphatic rings. The van der Waals surface area contributed by atoms with E-state index in [9.17, 15) is 61.9 Å². The second-order valence-electron chi connectivity index (χ2n) is 8.38. The normalized spacial score (nSPS) is 14.3.